The number of hydrogen-bond donors (Lipinski definition) is 1. The molecule has 0 heterocycles. The molecule has 0 aliphatic rings. The van der Waals surface area contributed by atoms with Crippen LogP contribution in [0.25, 0.3) is 0 Å². The highest BCUT2D eigenvalue weighted by Crippen LogP contribution is 2.34. The molecule has 0 amide bonds. The van der Waals surface area contributed by atoms with Gasteiger partial charge in [-0.2, -0.15) is 0 Å². The first-order valence-corrected chi connectivity index (χ1v) is 7.10. The van der Waals surface area contributed by atoms with Crippen LogP contribution in [-0.2, 0) is 16.4 Å². The molecule has 96 valence electrons. The molecule has 4 heteroatoms. The SMILES string of the molecule is COc1c(C)cc(C(C)(C)C)cc1NS(C)=O. The molecule has 0 aromatic heterocycles. The Morgan fingerprint density at radius 3 is 2.29 bits per heavy atom. The first kappa shape index (κ1) is 14.0. The predicted molar refractivity (Wildman–Crippen MR) is 74.1 cm³/mol. The molecule has 17 heavy (non-hydrogen) atoms. The summed E-state index contributed by atoms with van der Waals surface area (Å²) in [6, 6.07) is 4.12. The van der Waals surface area contributed by atoms with Crippen molar-refractivity contribution in [1.82, 2.24) is 0 Å². The van der Waals surface area contributed by atoms with Crippen molar-refractivity contribution in [2.45, 2.75) is 33.1 Å². The smallest absolute Gasteiger partial charge is 0.145 e. The van der Waals surface area contributed by atoms with E-state index in [0.717, 1.165) is 17.0 Å². The highest BCUT2D eigenvalue weighted by molar-refractivity contribution is 7.85. The van der Waals surface area contributed by atoms with Crippen LogP contribution >= 0.6 is 0 Å². The first-order chi connectivity index (χ1) is 7.75. The summed E-state index contributed by atoms with van der Waals surface area (Å²) < 4.78 is 19.6. The summed E-state index contributed by atoms with van der Waals surface area (Å²) in [5.41, 5.74) is 3.10. The van der Waals surface area contributed by atoms with Gasteiger partial charge in [0, 0.05) is 6.26 Å². The molecule has 1 unspecified atom stereocenters. The van der Waals surface area contributed by atoms with Crippen LogP contribution < -0.4 is 9.46 Å². The van der Waals surface area contributed by atoms with E-state index in [1.165, 1.54) is 5.56 Å². The quantitative estimate of drug-likeness (QED) is 0.901. The second-order valence-electron chi connectivity index (χ2n) is 5.18. The van der Waals surface area contributed by atoms with Gasteiger partial charge >= 0.3 is 0 Å². The van der Waals surface area contributed by atoms with Crippen LogP contribution in [0.1, 0.15) is 31.9 Å². The van der Waals surface area contributed by atoms with Gasteiger partial charge in [0.2, 0.25) is 0 Å². The molecule has 1 N–H and O–H groups in total. The minimum absolute atomic E-state index is 0.0582. The first-order valence-electron chi connectivity index (χ1n) is 5.55. The number of anilines is 1. The van der Waals surface area contributed by atoms with Crippen molar-refractivity contribution < 1.29 is 8.95 Å². The third kappa shape index (κ3) is 3.46. The Morgan fingerprint density at radius 1 is 1.29 bits per heavy atom. The van der Waals surface area contributed by atoms with Crippen LogP contribution in [0, 0.1) is 6.92 Å². The number of ether oxygens (including phenoxy) is 1. The van der Waals surface area contributed by atoms with Gasteiger partial charge in [0.25, 0.3) is 0 Å². The van der Waals surface area contributed by atoms with E-state index in [2.05, 4.69) is 31.6 Å². The van der Waals surface area contributed by atoms with Gasteiger partial charge in [-0.05, 0) is 29.5 Å². The molecular formula is C13H21NO2S. The van der Waals surface area contributed by atoms with Crippen molar-refractivity contribution in [3.8, 4) is 5.75 Å². The average Bonchev–Trinajstić information content (AvgIpc) is 2.14. The van der Waals surface area contributed by atoms with E-state index in [-0.39, 0.29) is 5.41 Å². The number of rotatable bonds is 3. The molecule has 0 saturated heterocycles. The highest BCUT2D eigenvalue weighted by atomic mass is 32.2. The third-order valence-electron chi connectivity index (χ3n) is 2.60. The molecular weight excluding hydrogens is 234 g/mol. The van der Waals surface area contributed by atoms with Crippen molar-refractivity contribution in [1.29, 1.82) is 0 Å². The lowest BCUT2D eigenvalue weighted by molar-refractivity contribution is 0.413. The lowest BCUT2D eigenvalue weighted by Gasteiger charge is -2.22. The zero-order chi connectivity index (χ0) is 13.2. The fourth-order valence-electron chi connectivity index (χ4n) is 1.71. The Balaban J connectivity index is 3.33. The number of benzene rings is 1. The summed E-state index contributed by atoms with van der Waals surface area (Å²) in [6.45, 7) is 8.46. The van der Waals surface area contributed by atoms with E-state index in [9.17, 15) is 4.21 Å². The van der Waals surface area contributed by atoms with Gasteiger partial charge < -0.3 is 9.46 Å². The molecule has 0 radical (unpaired) electrons. The van der Waals surface area contributed by atoms with E-state index < -0.39 is 11.0 Å². The molecule has 3 nitrogen and oxygen atoms in total. The molecule has 1 aromatic carbocycles. The van der Waals surface area contributed by atoms with Crippen molar-refractivity contribution >= 4 is 16.7 Å². The van der Waals surface area contributed by atoms with E-state index >= 15 is 0 Å². The van der Waals surface area contributed by atoms with Crippen molar-refractivity contribution in [2.24, 2.45) is 0 Å². The van der Waals surface area contributed by atoms with Gasteiger partial charge in [-0.25, -0.2) is 4.21 Å². The minimum atomic E-state index is -1.10. The Kier molecular flexibility index (Phi) is 4.20. The van der Waals surface area contributed by atoms with Gasteiger partial charge in [0.15, 0.2) is 0 Å². The second kappa shape index (κ2) is 5.08. The maximum absolute atomic E-state index is 11.3. The van der Waals surface area contributed by atoms with Gasteiger partial charge in [0.1, 0.15) is 16.7 Å². The van der Waals surface area contributed by atoms with E-state index in [1.54, 1.807) is 13.4 Å². The molecule has 0 saturated carbocycles. The highest BCUT2D eigenvalue weighted by Gasteiger charge is 2.18. The number of hydrogen-bond acceptors (Lipinski definition) is 2. The number of nitrogens with one attached hydrogen (secondary N) is 1. The Labute approximate surface area is 106 Å². The maximum atomic E-state index is 11.3. The molecule has 0 spiro atoms. The van der Waals surface area contributed by atoms with Crippen molar-refractivity contribution in [3.05, 3.63) is 23.3 Å². The molecule has 0 aliphatic carbocycles. The molecule has 1 rings (SSSR count). The zero-order valence-electron chi connectivity index (χ0n) is 11.4. The van der Waals surface area contributed by atoms with E-state index in [0.29, 0.717) is 0 Å². The summed E-state index contributed by atoms with van der Waals surface area (Å²) in [4.78, 5) is 0. The maximum Gasteiger partial charge on any atom is 0.145 e. The summed E-state index contributed by atoms with van der Waals surface area (Å²) in [6.07, 6.45) is 1.61. The van der Waals surface area contributed by atoms with Crippen molar-refractivity contribution in [3.63, 3.8) is 0 Å². The second-order valence-corrected chi connectivity index (χ2v) is 6.29. The predicted octanol–water partition coefficient (Wildman–Crippen LogP) is 3.01. The zero-order valence-corrected chi connectivity index (χ0v) is 12.2. The molecule has 0 fully saturated rings. The largest absolute Gasteiger partial charge is 0.494 e. The molecule has 1 aromatic rings. The lowest BCUT2D eigenvalue weighted by Crippen LogP contribution is -2.13. The van der Waals surface area contributed by atoms with Crippen LogP contribution in [0.15, 0.2) is 12.1 Å². The van der Waals surface area contributed by atoms with E-state index in [4.69, 9.17) is 4.74 Å². The Hall–Kier alpha value is -1.03. The monoisotopic (exact) mass is 255 g/mol. The van der Waals surface area contributed by atoms with Crippen LogP contribution in [0.2, 0.25) is 0 Å². The summed E-state index contributed by atoms with van der Waals surface area (Å²) in [7, 11) is 0.526. The lowest BCUT2D eigenvalue weighted by atomic mass is 9.86. The van der Waals surface area contributed by atoms with Gasteiger partial charge in [0.05, 0.1) is 12.8 Å². The van der Waals surface area contributed by atoms with Crippen LogP contribution in [0.3, 0.4) is 0 Å². The van der Waals surface area contributed by atoms with Gasteiger partial charge in [-0.1, -0.05) is 26.8 Å². The summed E-state index contributed by atoms with van der Waals surface area (Å²) in [5.74, 6) is 0.758. The molecule has 0 bridgehead atoms. The van der Waals surface area contributed by atoms with Crippen LogP contribution in [-0.4, -0.2) is 17.6 Å². The fourth-order valence-corrected chi connectivity index (χ4v) is 2.17. The van der Waals surface area contributed by atoms with Gasteiger partial charge in [-0.3, -0.25) is 0 Å². The Morgan fingerprint density at radius 2 is 1.88 bits per heavy atom. The number of methoxy groups -OCH3 is 1. The average molecular weight is 255 g/mol. The summed E-state index contributed by atoms with van der Waals surface area (Å²) >= 11 is 0. The molecule has 0 aliphatic heterocycles. The third-order valence-corrected chi connectivity index (χ3v) is 3.11. The van der Waals surface area contributed by atoms with Gasteiger partial charge in [-0.15, -0.1) is 0 Å². The van der Waals surface area contributed by atoms with Crippen LogP contribution in [0.4, 0.5) is 5.69 Å². The van der Waals surface area contributed by atoms with Crippen molar-refractivity contribution in [2.75, 3.05) is 18.1 Å². The van der Waals surface area contributed by atoms with E-state index in [1.807, 2.05) is 13.0 Å². The normalized spacial score (nSPS) is 13.3. The fraction of sp³-hybridized carbons (Fsp3) is 0.538. The number of aryl methyl sites for hydroxylation is 1. The minimum Gasteiger partial charge on any atom is -0.494 e. The standard InChI is InChI=1S/C13H21NO2S/c1-9-7-10(13(2,3)4)8-11(12(9)16-5)14-17(6)15/h7-8,14H,1-6H3. The summed E-state index contributed by atoms with van der Waals surface area (Å²) in [5, 5.41) is 0. The Bertz CT molecular complexity index is 436. The molecule has 1 atom stereocenters. The van der Waals surface area contributed by atoms with Crippen LogP contribution in [0.5, 0.6) is 5.75 Å². The topological polar surface area (TPSA) is 38.3 Å².